The predicted molar refractivity (Wildman–Crippen MR) is 122 cm³/mol. The molecule has 0 radical (unpaired) electrons. The van der Waals surface area contributed by atoms with Crippen LogP contribution in [0.25, 0.3) is 0 Å². The van der Waals surface area contributed by atoms with Crippen molar-refractivity contribution in [3.05, 3.63) is 35.4 Å². The molecule has 2 aliphatic heterocycles. The van der Waals surface area contributed by atoms with E-state index in [0.717, 1.165) is 11.8 Å². The lowest BCUT2D eigenvalue weighted by Gasteiger charge is -2.41. The summed E-state index contributed by atoms with van der Waals surface area (Å²) in [6, 6.07) is 6.36. The molecule has 11 nitrogen and oxygen atoms in total. The minimum atomic E-state index is -1.05. The van der Waals surface area contributed by atoms with Crippen LogP contribution in [0.2, 0.25) is 0 Å². The minimum absolute atomic E-state index is 0.0751. The number of nitrogens with one attached hydrogen (secondary N) is 2. The second-order valence-corrected chi connectivity index (χ2v) is 8.91. The number of nitriles is 1. The molecular formula is C22H25N5O6S. The van der Waals surface area contributed by atoms with Crippen LogP contribution in [-0.4, -0.2) is 94.3 Å². The molecule has 2 heterocycles. The van der Waals surface area contributed by atoms with Gasteiger partial charge in [-0.25, -0.2) is 0 Å². The summed E-state index contributed by atoms with van der Waals surface area (Å²) in [7, 11) is 0. The van der Waals surface area contributed by atoms with Crippen molar-refractivity contribution < 1.29 is 29.1 Å². The van der Waals surface area contributed by atoms with Gasteiger partial charge in [-0.1, -0.05) is 0 Å². The maximum atomic E-state index is 13.1. The maximum Gasteiger partial charge on any atom is 0.313 e. The smallest absolute Gasteiger partial charge is 0.313 e. The number of carboxylic acid groups (broad SMARTS) is 1. The summed E-state index contributed by atoms with van der Waals surface area (Å²) in [6.07, 6.45) is 1.18. The Labute approximate surface area is 200 Å². The Hall–Kier alpha value is -3.59. The monoisotopic (exact) mass is 487 g/mol. The van der Waals surface area contributed by atoms with Crippen molar-refractivity contribution in [2.45, 2.75) is 24.9 Å². The molecule has 3 rings (SSSR count). The van der Waals surface area contributed by atoms with Gasteiger partial charge < -0.3 is 25.5 Å². The molecule has 1 aromatic rings. The maximum absolute atomic E-state index is 13.1. The van der Waals surface area contributed by atoms with Gasteiger partial charge in [-0.15, -0.1) is 11.8 Å². The summed E-state index contributed by atoms with van der Waals surface area (Å²) in [6.45, 7) is 0.729. The first-order valence-corrected chi connectivity index (χ1v) is 11.9. The van der Waals surface area contributed by atoms with Crippen LogP contribution in [-0.2, 0) is 19.2 Å². The Morgan fingerprint density at radius 1 is 1.18 bits per heavy atom. The third-order valence-electron chi connectivity index (χ3n) is 5.60. The van der Waals surface area contributed by atoms with Crippen LogP contribution >= 0.6 is 11.8 Å². The molecule has 2 aliphatic rings. The van der Waals surface area contributed by atoms with Crippen LogP contribution < -0.4 is 10.6 Å². The van der Waals surface area contributed by atoms with Crippen molar-refractivity contribution in [2.24, 2.45) is 0 Å². The quantitative estimate of drug-likeness (QED) is 0.461. The van der Waals surface area contributed by atoms with Crippen molar-refractivity contribution in [3.8, 4) is 6.07 Å². The number of amides is 4. The first kappa shape index (κ1) is 25.0. The Kier molecular flexibility index (Phi) is 8.48. The fraction of sp³-hybridized carbons (Fsp3) is 0.455. The normalized spacial score (nSPS) is 20.1. The molecule has 0 saturated carbocycles. The van der Waals surface area contributed by atoms with Crippen LogP contribution in [0.5, 0.6) is 0 Å². The second-order valence-electron chi connectivity index (χ2n) is 7.92. The molecule has 2 saturated heterocycles. The average Bonchev–Trinajstić information content (AvgIpc) is 2.84. The zero-order valence-corrected chi connectivity index (χ0v) is 19.2. The van der Waals surface area contributed by atoms with Gasteiger partial charge in [0, 0.05) is 25.2 Å². The molecule has 2 fully saturated rings. The van der Waals surface area contributed by atoms with Crippen LogP contribution in [0.3, 0.4) is 0 Å². The van der Waals surface area contributed by atoms with E-state index in [9.17, 15) is 24.0 Å². The van der Waals surface area contributed by atoms with Gasteiger partial charge in [0.1, 0.15) is 12.1 Å². The largest absolute Gasteiger partial charge is 0.481 e. The van der Waals surface area contributed by atoms with Crippen molar-refractivity contribution in [3.63, 3.8) is 0 Å². The van der Waals surface area contributed by atoms with E-state index in [0.29, 0.717) is 30.5 Å². The molecule has 0 aromatic heterocycles. The highest BCUT2D eigenvalue weighted by Crippen LogP contribution is 2.17. The van der Waals surface area contributed by atoms with Crippen LogP contribution in [0.1, 0.15) is 28.8 Å². The summed E-state index contributed by atoms with van der Waals surface area (Å²) in [5.41, 5.74) is 0.760. The van der Waals surface area contributed by atoms with E-state index in [1.807, 2.05) is 6.07 Å². The van der Waals surface area contributed by atoms with E-state index in [1.54, 1.807) is 0 Å². The third-order valence-corrected chi connectivity index (χ3v) is 6.51. The molecule has 4 amide bonds. The fourth-order valence-corrected chi connectivity index (χ4v) is 4.46. The van der Waals surface area contributed by atoms with E-state index in [2.05, 4.69) is 10.6 Å². The number of carboxylic acids is 1. The number of rotatable bonds is 7. The van der Waals surface area contributed by atoms with Gasteiger partial charge in [-0.05, 0) is 37.1 Å². The summed E-state index contributed by atoms with van der Waals surface area (Å²) >= 11 is 0.927. The van der Waals surface area contributed by atoms with Crippen LogP contribution in [0, 0.1) is 11.3 Å². The third kappa shape index (κ3) is 6.26. The lowest BCUT2D eigenvalue weighted by Crippen LogP contribution is -2.64. The highest BCUT2D eigenvalue weighted by atomic mass is 32.2. The molecule has 0 bridgehead atoms. The predicted octanol–water partition coefficient (Wildman–Crippen LogP) is -0.576. The topological polar surface area (TPSA) is 160 Å². The molecule has 1 aromatic carbocycles. The van der Waals surface area contributed by atoms with Gasteiger partial charge in [-0.2, -0.15) is 5.26 Å². The molecule has 0 spiro atoms. The molecule has 3 N–H and O–H groups in total. The number of aliphatic carboxylic acids is 1. The number of nitrogens with zero attached hydrogens (tertiary/aromatic N) is 3. The number of hydrogen-bond acceptors (Lipinski definition) is 7. The number of hydrogen-bond donors (Lipinski definition) is 3. The Morgan fingerprint density at radius 2 is 1.91 bits per heavy atom. The number of carbonyl (C=O) groups excluding carboxylic acids is 4. The Morgan fingerprint density at radius 3 is 2.56 bits per heavy atom. The highest BCUT2D eigenvalue weighted by Gasteiger charge is 2.38. The van der Waals surface area contributed by atoms with Crippen molar-refractivity contribution >= 4 is 41.4 Å². The van der Waals surface area contributed by atoms with Crippen LogP contribution in [0.15, 0.2) is 24.3 Å². The van der Waals surface area contributed by atoms with E-state index in [1.165, 1.54) is 34.1 Å². The molecule has 2 atom stereocenters. The van der Waals surface area contributed by atoms with Gasteiger partial charge in [-0.3, -0.25) is 24.0 Å². The average molecular weight is 488 g/mol. The number of piperazine rings is 1. The van der Waals surface area contributed by atoms with E-state index in [4.69, 9.17) is 10.4 Å². The first-order chi connectivity index (χ1) is 16.3. The van der Waals surface area contributed by atoms with Gasteiger partial charge in [0.2, 0.25) is 17.7 Å². The molecule has 2 unspecified atom stereocenters. The van der Waals surface area contributed by atoms with Crippen molar-refractivity contribution in [1.29, 1.82) is 5.26 Å². The zero-order valence-electron chi connectivity index (χ0n) is 18.4. The SMILES string of the molecule is N#Cc1ccc(C(=O)N2CCN(C(=O)CSCC(=O)O)C(C(=O)NC3CCCNC3=O)C2)cc1. The summed E-state index contributed by atoms with van der Waals surface area (Å²) in [5.74, 6) is -3.01. The number of benzene rings is 1. The number of piperidine rings is 1. The lowest BCUT2D eigenvalue weighted by molar-refractivity contribution is -0.142. The van der Waals surface area contributed by atoms with Gasteiger partial charge in [0.15, 0.2) is 0 Å². The van der Waals surface area contributed by atoms with Gasteiger partial charge >= 0.3 is 5.97 Å². The fourth-order valence-electron chi connectivity index (χ4n) is 3.85. The van der Waals surface area contributed by atoms with E-state index in [-0.39, 0.29) is 43.0 Å². The van der Waals surface area contributed by atoms with Gasteiger partial charge in [0.05, 0.1) is 29.7 Å². The van der Waals surface area contributed by atoms with Crippen molar-refractivity contribution in [2.75, 3.05) is 37.7 Å². The van der Waals surface area contributed by atoms with Gasteiger partial charge in [0.25, 0.3) is 5.91 Å². The summed E-state index contributed by atoms with van der Waals surface area (Å²) < 4.78 is 0. The minimum Gasteiger partial charge on any atom is -0.481 e. The zero-order chi connectivity index (χ0) is 24.7. The number of thioether (sulfide) groups is 1. The van der Waals surface area contributed by atoms with Crippen molar-refractivity contribution in [1.82, 2.24) is 20.4 Å². The first-order valence-electron chi connectivity index (χ1n) is 10.8. The lowest BCUT2D eigenvalue weighted by atomic mass is 10.0. The summed E-state index contributed by atoms with van der Waals surface area (Å²) in [4.78, 5) is 64.6. The van der Waals surface area contributed by atoms with E-state index < -0.39 is 29.9 Å². The molecule has 0 aliphatic carbocycles. The van der Waals surface area contributed by atoms with Crippen LogP contribution in [0.4, 0.5) is 0 Å². The molecular weight excluding hydrogens is 462 g/mol. The van der Waals surface area contributed by atoms with E-state index >= 15 is 0 Å². The highest BCUT2D eigenvalue weighted by molar-refractivity contribution is 8.00. The Balaban J connectivity index is 1.74. The summed E-state index contributed by atoms with van der Waals surface area (Å²) in [5, 5.41) is 23.1. The Bertz CT molecular complexity index is 1010. The number of carbonyl (C=O) groups is 5. The second kappa shape index (κ2) is 11.5. The standard InChI is InChI=1S/C22H25N5O6S/c23-10-14-3-5-15(6-4-14)22(33)26-8-9-27(18(28)12-34-13-19(29)30)17(11-26)21(32)25-16-2-1-7-24-20(16)31/h3-6,16-17H,1-2,7-9,11-13H2,(H,24,31)(H,25,32)(H,29,30). The molecule has 12 heteroatoms. The molecule has 34 heavy (non-hydrogen) atoms. The molecule has 180 valence electrons.